The molecule has 1 unspecified atom stereocenters. The molecule has 4 rings (SSSR count). The number of primary amides is 1. The summed E-state index contributed by atoms with van der Waals surface area (Å²) in [6, 6.07) is 22.1. The molecular weight excluding hydrogens is 476 g/mol. The average Bonchev–Trinajstić information content (AvgIpc) is 2.88. The number of nitrogens with one attached hydrogen (secondary N) is 1. The molecule has 0 aliphatic heterocycles. The summed E-state index contributed by atoms with van der Waals surface area (Å²) in [5.41, 5.74) is 8.93. The number of pyridine rings is 1. The molecule has 0 bridgehead atoms. The van der Waals surface area contributed by atoms with Gasteiger partial charge in [0.05, 0.1) is 17.3 Å². The molecule has 1 heterocycles. The van der Waals surface area contributed by atoms with Crippen molar-refractivity contribution in [2.45, 2.75) is 23.8 Å². The van der Waals surface area contributed by atoms with E-state index < -0.39 is 22.1 Å². The van der Waals surface area contributed by atoms with Gasteiger partial charge in [0, 0.05) is 17.0 Å². The molecule has 4 N–H and O–H groups in total. The van der Waals surface area contributed by atoms with E-state index in [1.165, 1.54) is 18.3 Å². The number of carbonyl (C=O) groups is 1. The predicted molar refractivity (Wildman–Crippen MR) is 136 cm³/mol. The minimum atomic E-state index is -4.56. The number of fused-ring (bicyclic) bond motifs is 1. The fourth-order valence-corrected chi connectivity index (χ4v) is 4.86. The lowest BCUT2D eigenvalue weighted by Crippen LogP contribution is -2.35. The van der Waals surface area contributed by atoms with Crippen LogP contribution in [0.2, 0.25) is 0 Å². The van der Waals surface area contributed by atoms with Crippen LogP contribution in [0.15, 0.2) is 83.9 Å². The zero-order chi connectivity index (χ0) is 25.7. The van der Waals surface area contributed by atoms with Crippen LogP contribution >= 0.6 is 0 Å². The van der Waals surface area contributed by atoms with E-state index in [1.807, 2.05) is 42.5 Å². The molecule has 182 valence electrons. The second-order valence-corrected chi connectivity index (χ2v) is 9.70. The molecule has 1 aromatic heterocycles. The van der Waals surface area contributed by atoms with Crippen LogP contribution in [-0.4, -0.2) is 30.4 Å². The Morgan fingerprint density at radius 3 is 2.39 bits per heavy atom. The summed E-state index contributed by atoms with van der Waals surface area (Å²) in [7, 11) is -4.56. The lowest BCUT2D eigenvalue weighted by atomic mass is 9.98. The molecule has 9 heteroatoms. The van der Waals surface area contributed by atoms with Gasteiger partial charge in [0.1, 0.15) is 10.9 Å². The number of aromatic nitrogens is 1. The minimum Gasteiger partial charge on any atom is -0.368 e. The van der Waals surface area contributed by atoms with E-state index in [1.54, 1.807) is 18.2 Å². The van der Waals surface area contributed by atoms with Gasteiger partial charge in [-0.2, -0.15) is 13.7 Å². The van der Waals surface area contributed by atoms with Gasteiger partial charge < -0.3 is 11.1 Å². The van der Waals surface area contributed by atoms with Gasteiger partial charge in [0.15, 0.2) is 0 Å². The van der Waals surface area contributed by atoms with Gasteiger partial charge in [-0.3, -0.25) is 14.3 Å². The number of amides is 1. The van der Waals surface area contributed by atoms with Gasteiger partial charge in [0.25, 0.3) is 10.1 Å². The lowest BCUT2D eigenvalue weighted by molar-refractivity contribution is -0.120. The Morgan fingerprint density at radius 2 is 1.75 bits per heavy atom. The van der Waals surface area contributed by atoms with Crippen LogP contribution in [-0.2, 0) is 21.3 Å². The SMILES string of the molecule is N#Cc1ccc(CCCNC(C(N)=O)c2nccc3c(S(=O)(=O)O)cc(-c4ccccc4)cc23)cc1. The molecule has 8 nitrogen and oxygen atoms in total. The molecular formula is C27H24N4O4S. The number of nitriles is 1. The zero-order valence-corrected chi connectivity index (χ0v) is 20.1. The highest BCUT2D eigenvalue weighted by molar-refractivity contribution is 7.86. The highest BCUT2D eigenvalue weighted by Crippen LogP contribution is 2.33. The highest BCUT2D eigenvalue weighted by atomic mass is 32.2. The summed E-state index contributed by atoms with van der Waals surface area (Å²) >= 11 is 0. The molecule has 0 aliphatic carbocycles. The third kappa shape index (κ3) is 5.58. The Balaban J connectivity index is 1.67. The highest BCUT2D eigenvalue weighted by Gasteiger charge is 2.24. The van der Waals surface area contributed by atoms with E-state index in [4.69, 9.17) is 11.0 Å². The average molecular weight is 501 g/mol. The summed E-state index contributed by atoms with van der Waals surface area (Å²) in [5, 5.41) is 12.7. The van der Waals surface area contributed by atoms with E-state index in [9.17, 15) is 17.8 Å². The van der Waals surface area contributed by atoms with Gasteiger partial charge in [-0.05, 0) is 66.4 Å². The van der Waals surface area contributed by atoms with E-state index >= 15 is 0 Å². The van der Waals surface area contributed by atoms with E-state index in [0.717, 1.165) is 17.5 Å². The van der Waals surface area contributed by atoms with Crippen LogP contribution < -0.4 is 11.1 Å². The zero-order valence-electron chi connectivity index (χ0n) is 19.3. The summed E-state index contributed by atoms with van der Waals surface area (Å²) < 4.78 is 34.4. The molecule has 0 aliphatic rings. The van der Waals surface area contributed by atoms with Crippen LogP contribution in [0.5, 0.6) is 0 Å². The quantitative estimate of drug-likeness (QED) is 0.234. The first-order chi connectivity index (χ1) is 17.3. The first-order valence-electron chi connectivity index (χ1n) is 11.3. The number of benzene rings is 3. The lowest BCUT2D eigenvalue weighted by Gasteiger charge is -2.18. The number of rotatable bonds is 9. The Hall–Kier alpha value is -4.10. The van der Waals surface area contributed by atoms with Crippen LogP contribution in [0.4, 0.5) is 0 Å². The maximum Gasteiger partial charge on any atom is 0.295 e. The van der Waals surface area contributed by atoms with Crippen molar-refractivity contribution in [2.24, 2.45) is 5.73 Å². The Morgan fingerprint density at radius 1 is 1.03 bits per heavy atom. The molecule has 0 radical (unpaired) electrons. The third-order valence-electron chi connectivity index (χ3n) is 5.89. The normalized spacial score (nSPS) is 12.2. The number of nitrogens with two attached hydrogens (primary N) is 1. The summed E-state index contributed by atoms with van der Waals surface area (Å²) in [6.45, 7) is 0.440. The van der Waals surface area contributed by atoms with Crippen molar-refractivity contribution in [1.82, 2.24) is 10.3 Å². The minimum absolute atomic E-state index is 0.243. The van der Waals surface area contributed by atoms with Crippen molar-refractivity contribution < 1.29 is 17.8 Å². The maximum atomic E-state index is 12.4. The van der Waals surface area contributed by atoms with E-state index in [2.05, 4.69) is 16.4 Å². The molecule has 1 atom stereocenters. The molecule has 0 fully saturated rings. The monoisotopic (exact) mass is 500 g/mol. The van der Waals surface area contributed by atoms with Crippen LogP contribution in [0, 0.1) is 11.3 Å². The number of carbonyl (C=O) groups excluding carboxylic acids is 1. The first kappa shape index (κ1) is 25.0. The van der Waals surface area contributed by atoms with Gasteiger partial charge in [-0.15, -0.1) is 0 Å². The van der Waals surface area contributed by atoms with Gasteiger partial charge in [0.2, 0.25) is 5.91 Å². The fourth-order valence-electron chi connectivity index (χ4n) is 4.13. The standard InChI is InChI=1S/C27H24N4O4S/c28-17-19-10-8-18(9-11-19)5-4-13-30-26(27(29)32)25-23-15-21(20-6-2-1-3-7-20)16-24(36(33,34)35)22(23)12-14-31-25/h1-3,6-12,14-16,26,30H,4-5,13H2,(H2,29,32)(H,33,34,35). The third-order valence-corrected chi connectivity index (χ3v) is 6.78. The Kier molecular flexibility index (Phi) is 7.41. The van der Waals surface area contributed by atoms with Crippen molar-refractivity contribution in [2.75, 3.05) is 6.54 Å². The van der Waals surface area contributed by atoms with Crippen LogP contribution in [0.3, 0.4) is 0 Å². The van der Waals surface area contributed by atoms with Gasteiger partial charge in [-0.25, -0.2) is 0 Å². The number of nitrogens with zero attached hydrogens (tertiary/aromatic N) is 2. The molecule has 0 spiro atoms. The van der Waals surface area contributed by atoms with Crippen LogP contribution in [0.1, 0.15) is 29.3 Å². The molecule has 3 aromatic carbocycles. The van der Waals surface area contributed by atoms with Crippen molar-refractivity contribution >= 4 is 26.8 Å². The van der Waals surface area contributed by atoms with Crippen molar-refractivity contribution in [3.8, 4) is 17.2 Å². The predicted octanol–water partition coefficient (Wildman–Crippen LogP) is 3.77. The number of aryl methyl sites for hydroxylation is 1. The van der Waals surface area contributed by atoms with Gasteiger partial charge >= 0.3 is 0 Å². The van der Waals surface area contributed by atoms with Crippen molar-refractivity contribution in [3.05, 3.63) is 95.8 Å². The fraction of sp³-hybridized carbons (Fsp3) is 0.148. The summed E-state index contributed by atoms with van der Waals surface area (Å²) in [4.78, 5) is 16.5. The van der Waals surface area contributed by atoms with E-state index in [-0.39, 0.29) is 16.0 Å². The Bertz CT molecular complexity index is 1550. The molecule has 4 aromatic rings. The first-order valence-corrected chi connectivity index (χ1v) is 12.7. The molecule has 1 amide bonds. The van der Waals surface area contributed by atoms with Crippen molar-refractivity contribution in [3.63, 3.8) is 0 Å². The van der Waals surface area contributed by atoms with Gasteiger partial charge in [-0.1, -0.05) is 42.5 Å². The molecule has 0 saturated carbocycles. The summed E-state index contributed by atoms with van der Waals surface area (Å²) in [6.07, 6.45) is 2.80. The second-order valence-electron chi connectivity index (χ2n) is 8.31. The van der Waals surface area contributed by atoms with Crippen LogP contribution in [0.25, 0.3) is 21.9 Å². The number of hydrogen-bond donors (Lipinski definition) is 3. The summed E-state index contributed by atoms with van der Waals surface area (Å²) in [5.74, 6) is -0.660. The Labute approximate surface area is 209 Å². The topological polar surface area (TPSA) is 146 Å². The number of hydrogen-bond acceptors (Lipinski definition) is 6. The maximum absolute atomic E-state index is 12.4. The van der Waals surface area contributed by atoms with Crippen molar-refractivity contribution in [1.29, 1.82) is 5.26 Å². The van der Waals surface area contributed by atoms with E-state index in [0.29, 0.717) is 29.5 Å². The second kappa shape index (κ2) is 10.7. The smallest absolute Gasteiger partial charge is 0.295 e. The largest absolute Gasteiger partial charge is 0.368 e. The molecule has 0 saturated heterocycles. The molecule has 36 heavy (non-hydrogen) atoms.